The molecule has 1 aliphatic heterocycles. The Kier molecular flexibility index (Phi) is 3.70. The summed E-state index contributed by atoms with van der Waals surface area (Å²) >= 11 is 0. The second kappa shape index (κ2) is 5.27. The van der Waals surface area contributed by atoms with Crippen LogP contribution in [0.1, 0.15) is 24.1 Å². The Hall–Kier alpha value is -2.09. The molecule has 0 spiro atoms. The molecule has 5 heteroatoms. The molecular formula is C14H17N3O2. The second-order valence-corrected chi connectivity index (χ2v) is 4.87. The summed E-state index contributed by atoms with van der Waals surface area (Å²) < 4.78 is 4.70. The average Bonchev–Trinajstić information content (AvgIpc) is 2.46. The first-order valence-corrected chi connectivity index (χ1v) is 6.28. The number of methoxy groups -OCH3 is 1. The monoisotopic (exact) mass is 259 g/mol. The number of pyridine rings is 1. The molecule has 0 bridgehead atoms. The van der Waals surface area contributed by atoms with E-state index in [1.54, 1.807) is 11.1 Å². The Labute approximate surface area is 112 Å². The third kappa shape index (κ3) is 2.53. The highest BCUT2D eigenvalue weighted by Crippen LogP contribution is 2.34. The van der Waals surface area contributed by atoms with Crippen molar-refractivity contribution in [1.82, 2.24) is 9.88 Å². The Morgan fingerprint density at radius 3 is 2.74 bits per heavy atom. The first-order valence-electron chi connectivity index (χ1n) is 6.28. The number of ether oxygens (including phenoxy) is 1. The summed E-state index contributed by atoms with van der Waals surface area (Å²) in [5, 5.41) is 9.54. The quantitative estimate of drug-likeness (QED) is 0.773. The molecule has 2 heterocycles. The fraction of sp³-hybridized carbons (Fsp3) is 0.500. The Morgan fingerprint density at radius 1 is 1.53 bits per heavy atom. The summed E-state index contributed by atoms with van der Waals surface area (Å²) in [7, 11) is 1.37. The van der Waals surface area contributed by atoms with Crippen molar-refractivity contribution >= 4 is 6.09 Å². The summed E-state index contributed by atoms with van der Waals surface area (Å²) in [6.07, 6.45) is 2.59. The average molecular weight is 259 g/mol. The van der Waals surface area contributed by atoms with Crippen molar-refractivity contribution in [1.29, 1.82) is 5.26 Å². The normalized spacial score (nSPS) is 17.6. The fourth-order valence-electron chi connectivity index (χ4n) is 2.42. The minimum atomic E-state index is -0.587. The van der Waals surface area contributed by atoms with Gasteiger partial charge in [0, 0.05) is 19.3 Å². The molecule has 0 saturated carbocycles. The number of hydrogen-bond acceptors (Lipinski definition) is 4. The van der Waals surface area contributed by atoms with Crippen molar-refractivity contribution in [3.63, 3.8) is 0 Å². The lowest BCUT2D eigenvalue weighted by Crippen LogP contribution is -2.45. The number of rotatable bonds is 1. The number of piperidine rings is 1. The summed E-state index contributed by atoms with van der Waals surface area (Å²) in [5.74, 6) is 0. The van der Waals surface area contributed by atoms with Crippen LogP contribution in [0.2, 0.25) is 0 Å². The van der Waals surface area contributed by atoms with Crippen molar-refractivity contribution in [2.24, 2.45) is 0 Å². The van der Waals surface area contributed by atoms with Gasteiger partial charge < -0.3 is 9.64 Å². The van der Waals surface area contributed by atoms with Gasteiger partial charge in [-0.05, 0) is 37.5 Å². The molecule has 0 aromatic carbocycles. The largest absolute Gasteiger partial charge is 0.453 e. The predicted octanol–water partition coefficient (Wildman–Crippen LogP) is 2.01. The maximum absolute atomic E-state index is 11.5. The van der Waals surface area contributed by atoms with E-state index in [0.29, 0.717) is 25.9 Å². The zero-order chi connectivity index (χ0) is 13.9. The molecule has 1 fully saturated rings. The van der Waals surface area contributed by atoms with Crippen LogP contribution >= 0.6 is 0 Å². The van der Waals surface area contributed by atoms with Crippen LogP contribution in [0.3, 0.4) is 0 Å². The molecule has 100 valence electrons. The van der Waals surface area contributed by atoms with Crippen LogP contribution in [-0.2, 0) is 10.2 Å². The van der Waals surface area contributed by atoms with E-state index < -0.39 is 5.41 Å². The molecule has 2 rings (SSSR count). The van der Waals surface area contributed by atoms with E-state index in [2.05, 4.69) is 11.1 Å². The number of likely N-dealkylation sites (tertiary alicyclic amines) is 1. The highest BCUT2D eigenvalue weighted by molar-refractivity contribution is 5.67. The van der Waals surface area contributed by atoms with Gasteiger partial charge in [0.25, 0.3) is 0 Å². The number of carbonyl (C=O) groups excluding carboxylic acids is 1. The zero-order valence-electron chi connectivity index (χ0n) is 11.2. The van der Waals surface area contributed by atoms with Gasteiger partial charge in [-0.25, -0.2) is 4.79 Å². The third-order valence-corrected chi connectivity index (χ3v) is 3.67. The Morgan fingerprint density at radius 2 is 2.21 bits per heavy atom. The Bertz CT molecular complexity index is 514. The molecule has 1 aliphatic rings. The highest BCUT2D eigenvalue weighted by atomic mass is 16.5. The van der Waals surface area contributed by atoms with Crippen LogP contribution in [0.5, 0.6) is 0 Å². The summed E-state index contributed by atoms with van der Waals surface area (Å²) in [5.41, 5.74) is 1.31. The van der Waals surface area contributed by atoms with Gasteiger partial charge in [0.2, 0.25) is 0 Å². The Balaban J connectivity index is 2.19. The molecule has 0 aliphatic carbocycles. The molecular weight excluding hydrogens is 242 g/mol. The molecule has 19 heavy (non-hydrogen) atoms. The standard InChI is InChI=1S/C14H17N3O2/c1-11-3-6-16-12(9-11)14(10-15)4-7-17(8-5-14)13(18)19-2/h3,6,9H,4-5,7-8H2,1-2H3. The summed E-state index contributed by atoms with van der Waals surface area (Å²) in [4.78, 5) is 17.4. The molecule has 1 aromatic rings. The lowest BCUT2D eigenvalue weighted by atomic mass is 9.76. The van der Waals surface area contributed by atoms with Crippen LogP contribution in [0.4, 0.5) is 4.79 Å². The van der Waals surface area contributed by atoms with Gasteiger partial charge in [-0.2, -0.15) is 5.26 Å². The van der Waals surface area contributed by atoms with E-state index in [1.165, 1.54) is 7.11 Å². The van der Waals surface area contributed by atoms with Crippen molar-refractivity contribution in [3.8, 4) is 6.07 Å². The first-order chi connectivity index (χ1) is 9.11. The van der Waals surface area contributed by atoms with Crippen LogP contribution in [0.25, 0.3) is 0 Å². The maximum Gasteiger partial charge on any atom is 0.409 e. The molecule has 5 nitrogen and oxygen atoms in total. The molecule has 0 N–H and O–H groups in total. The van der Waals surface area contributed by atoms with E-state index >= 15 is 0 Å². The van der Waals surface area contributed by atoms with Crippen LogP contribution < -0.4 is 0 Å². The molecule has 0 radical (unpaired) electrons. The number of amides is 1. The number of aryl methyl sites for hydroxylation is 1. The van der Waals surface area contributed by atoms with Gasteiger partial charge in [0.15, 0.2) is 0 Å². The van der Waals surface area contributed by atoms with Crippen LogP contribution in [0.15, 0.2) is 18.3 Å². The van der Waals surface area contributed by atoms with Crippen LogP contribution in [0, 0.1) is 18.3 Å². The fourth-order valence-corrected chi connectivity index (χ4v) is 2.42. The van der Waals surface area contributed by atoms with E-state index in [1.807, 2.05) is 19.1 Å². The molecule has 0 atom stereocenters. The van der Waals surface area contributed by atoms with Crippen molar-refractivity contribution in [2.75, 3.05) is 20.2 Å². The minimum Gasteiger partial charge on any atom is -0.453 e. The summed E-state index contributed by atoms with van der Waals surface area (Å²) in [6, 6.07) is 6.27. The predicted molar refractivity (Wildman–Crippen MR) is 69.5 cm³/mol. The molecule has 1 aromatic heterocycles. The topological polar surface area (TPSA) is 66.2 Å². The van der Waals surface area contributed by atoms with Crippen molar-refractivity contribution < 1.29 is 9.53 Å². The van der Waals surface area contributed by atoms with Gasteiger partial charge in [-0.15, -0.1) is 0 Å². The zero-order valence-corrected chi connectivity index (χ0v) is 11.2. The van der Waals surface area contributed by atoms with E-state index in [4.69, 9.17) is 4.74 Å². The van der Waals surface area contributed by atoms with E-state index in [0.717, 1.165) is 11.3 Å². The van der Waals surface area contributed by atoms with E-state index in [-0.39, 0.29) is 6.09 Å². The lowest BCUT2D eigenvalue weighted by molar-refractivity contribution is 0.106. The van der Waals surface area contributed by atoms with Crippen molar-refractivity contribution in [3.05, 3.63) is 29.6 Å². The van der Waals surface area contributed by atoms with Gasteiger partial charge in [0.05, 0.1) is 18.9 Å². The highest BCUT2D eigenvalue weighted by Gasteiger charge is 2.39. The smallest absolute Gasteiger partial charge is 0.409 e. The van der Waals surface area contributed by atoms with Crippen LogP contribution in [-0.4, -0.2) is 36.2 Å². The molecule has 0 unspecified atom stereocenters. The lowest BCUT2D eigenvalue weighted by Gasteiger charge is -2.36. The van der Waals surface area contributed by atoms with Gasteiger partial charge in [-0.1, -0.05) is 0 Å². The van der Waals surface area contributed by atoms with Gasteiger partial charge in [-0.3, -0.25) is 4.98 Å². The second-order valence-electron chi connectivity index (χ2n) is 4.87. The van der Waals surface area contributed by atoms with E-state index in [9.17, 15) is 10.1 Å². The SMILES string of the molecule is COC(=O)N1CCC(C#N)(c2cc(C)ccn2)CC1. The van der Waals surface area contributed by atoms with Crippen molar-refractivity contribution in [2.45, 2.75) is 25.2 Å². The number of nitriles is 1. The van der Waals surface area contributed by atoms with Gasteiger partial charge >= 0.3 is 6.09 Å². The molecule has 1 saturated heterocycles. The maximum atomic E-state index is 11.5. The number of carbonyl (C=O) groups is 1. The number of nitrogens with zero attached hydrogens (tertiary/aromatic N) is 3. The summed E-state index contributed by atoms with van der Waals surface area (Å²) in [6.45, 7) is 3.03. The number of hydrogen-bond donors (Lipinski definition) is 0. The van der Waals surface area contributed by atoms with Gasteiger partial charge in [0.1, 0.15) is 5.41 Å². The first kappa shape index (κ1) is 13.3. The third-order valence-electron chi connectivity index (χ3n) is 3.67. The minimum absolute atomic E-state index is 0.330. The molecule has 1 amide bonds. The number of aromatic nitrogens is 1.